The smallest absolute Gasteiger partial charge is 0.306 e. The van der Waals surface area contributed by atoms with Gasteiger partial charge >= 0.3 is 11.9 Å². The van der Waals surface area contributed by atoms with E-state index < -0.39 is 32.5 Å². The number of phosphoric ester groups is 1. The van der Waals surface area contributed by atoms with E-state index in [2.05, 4.69) is 123 Å². The van der Waals surface area contributed by atoms with Gasteiger partial charge in [0.05, 0.1) is 27.7 Å². The van der Waals surface area contributed by atoms with Crippen molar-refractivity contribution in [3.63, 3.8) is 0 Å². The Bertz CT molecular complexity index is 1470. The minimum absolute atomic E-state index is 0.0428. The summed E-state index contributed by atoms with van der Waals surface area (Å²) in [5.41, 5.74) is 0. The summed E-state index contributed by atoms with van der Waals surface area (Å²) in [5.74, 6) is -0.883. The van der Waals surface area contributed by atoms with Crippen molar-refractivity contribution in [2.75, 3.05) is 47.5 Å². The maximum atomic E-state index is 12.7. The first kappa shape index (κ1) is 61.7. The minimum Gasteiger partial charge on any atom is -0.756 e. The van der Waals surface area contributed by atoms with Crippen molar-refractivity contribution in [2.24, 2.45) is 0 Å². The maximum Gasteiger partial charge on any atom is 0.306 e. The van der Waals surface area contributed by atoms with E-state index in [4.69, 9.17) is 18.5 Å². The number of carbonyl (C=O) groups is 2. The molecule has 370 valence electrons. The number of esters is 2. The lowest BCUT2D eigenvalue weighted by Crippen LogP contribution is -2.37. The van der Waals surface area contributed by atoms with Gasteiger partial charge in [0.25, 0.3) is 7.82 Å². The molecule has 65 heavy (non-hydrogen) atoms. The number of unbranched alkanes of at least 4 members (excludes halogenated alkanes) is 12. The Hall–Kier alpha value is -3.33. The highest BCUT2D eigenvalue weighted by molar-refractivity contribution is 7.45. The molecular weight excluding hydrogens is 834 g/mol. The number of nitrogens with zero attached hydrogens (tertiary/aromatic N) is 1. The Morgan fingerprint density at radius 2 is 0.877 bits per heavy atom. The van der Waals surface area contributed by atoms with Crippen LogP contribution in [0.25, 0.3) is 0 Å². The summed E-state index contributed by atoms with van der Waals surface area (Å²) < 4.78 is 33.9. The zero-order valence-corrected chi connectivity index (χ0v) is 42.5. The normalized spacial score (nSPS) is 14.4. The second-order valence-corrected chi connectivity index (χ2v) is 18.9. The van der Waals surface area contributed by atoms with E-state index in [-0.39, 0.29) is 26.1 Å². The summed E-state index contributed by atoms with van der Waals surface area (Å²) in [7, 11) is 1.13. The van der Waals surface area contributed by atoms with Gasteiger partial charge in [-0.1, -0.05) is 187 Å². The predicted molar refractivity (Wildman–Crippen MR) is 272 cm³/mol. The van der Waals surface area contributed by atoms with Crippen LogP contribution in [0.15, 0.2) is 109 Å². The summed E-state index contributed by atoms with van der Waals surface area (Å²) in [5, 5.41) is 0. The Morgan fingerprint density at radius 3 is 1.31 bits per heavy atom. The summed E-state index contributed by atoms with van der Waals surface area (Å²) in [4.78, 5) is 37.5. The first-order valence-electron chi connectivity index (χ1n) is 25.1. The van der Waals surface area contributed by atoms with E-state index in [1.807, 2.05) is 21.1 Å². The van der Waals surface area contributed by atoms with Crippen LogP contribution in [-0.4, -0.2) is 70.0 Å². The van der Waals surface area contributed by atoms with E-state index in [1.165, 1.54) is 44.9 Å². The molecule has 0 spiro atoms. The highest BCUT2D eigenvalue weighted by Crippen LogP contribution is 2.38. The number of hydrogen-bond donors (Lipinski definition) is 0. The average Bonchev–Trinajstić information content (AvgIpc) is 3.26. The highest BCUT2D eigenvalue weighted by Gasteiger charge is 2.21. The highest BCUT2D eigenvalue weighted by atomic mass is 31.2. The molecule has 9 nitrogen and oxygen atoms in total. The van der Waals surface area contributed by atoms with Gasteiger partial charge in [-0.15, -0.1) is 0 Å². The Morgan fingerprint density at radius 1 is 0.492 bits per heavy atom. The molecule has 10 heteroatoms. The molecule has 0 aromatic carbocycles. The second-order valence-electron chi connectivity index (χ2n) is 17.5. The van der Waals surface area contributed by atoms with Crippen LogP contribution >= 0.6 is 7.82 Å². The van der Waals surface area contributed by atoms with Crippen LogP contribution < -0.4 is 4.89 Å². The predicted octanol–water partition coefficient (Wildman–Crippen LogP) is 14.4. The van der Waals surface area contributed by atoms with Gasteiger partial charge in [-0.3, -0.25) is 14.2 Å². The summed E-state index contributed by atoms with van der Waals surface area (Å²) in [6.45, 7) is 4.03. The van der Waals surface area contributed by atoms with E-state index in [9.17, 15) is 19.0 Å². The number of likely N-dealkylation sites (N-methyl/N-ethyl adjacent to an activating group) is 1. The molecule has 0 radical (unpaired) electrons. The molecule has 0 saturated heterocycles. The van der Waals surface area contributed by atoms with Gasteiger partial charge in [0, 0.05) is 12.8 Å². The van der Waals surface area contributed by atoms with Crippen LogP contribution in [0.2, 0.25) is 0 Å². The third kappa shape index (κ3) is 49.9. The van der Waals surface area contributed by atoms with Gasteiger partial charge in [0.15, 0.2) is 6.10 Å². The van der Waals surface area contributed by atoms with Crippen LogP contribution in [0.1, 0.15) is 174 Å². The number of ether oxygens (including phenoxy) is 2. The standard InChI is InChI=1S/C55H92NO8P/c1-6-8-10-12-14-16-18-19-20-21-22-23-24-25-26-27-28-29-30-31-32-33-34-35-36-37-38-40-42-44-46-48-55(58)64-53(52-63-65(59,60)62-50-49-56(3,4)5)51-61-54(57)47-45-43-41-39-17-15-13-11-9-7-2/h8,10,14,16,19-20,22-23,25-26,28-29,31-32,34-35,37-38,53H,6-7,9,11-13,15,17-18,21,24,27,30,33,36,39-52H2,1-5H3/b10-8-,16-14-,20-19-,23-22-,26-25-,29-28-,32-31-,35-34-,38-37-. The molecular formula is C55H92NO8P. The molecule has 0 fully saturated rings. The molecule has 0 aliphatic heterocycles. The molecule has 0 heterocycles. The van der Waals surface area contributed by atoms with Gasteiger partial charge < -0.3 is 27.9 Å². The maximum absolute atomic E-state index is 12.7. The van der Waals surface area contributed by atoms with Crippen molar-refractivity contribution in [3.8, 4) is 0 Å². The first-order valence-corrected chi connectivity index (χ1v) is 26.6. The number of hydrogen-bond acceptors (Lipinski definition) is 8. The van der Waals surface area contributed by atoms with Crippen molar-refractivity contribution in [2.45, 2.75) is 180 Å². The van der Waals surface area contributed by atoms with Gasteiger partial charge in [-0.2, -0.15) is 0 Å². The topological polar surface area (TPSA) is 111 Å². The quantitative estimate of drug-likeness (QED) is 0.0195. The molecule has 0 aliphatic carbocycles. The van der Waals surface area contributed by atoms with Crippen LogP contribution in [0.5, 0.6) is 0 Å². The number of quaternary nitrogens is 1. The summed E-state index contributed by atoms with van der Waals surface area (Å²) in [6, 6.07) is 0. The van der Waals surface area contributed by atoms with E-state index >= 15 is 0 Å². The molecule has 0 aromatic heterocycles. The third-order valence-corrected chi connectivity index (χ3v) is 11.0. The average molecular weight is 926 g/mol. The molecule has 0 aliphatic rings. The summed E-state index contributed by atoms with van der Waals surface area (Å²) >= 11 is 0. The van der Waals surface area contributed by atoms with E-state index in [1.54, 1.807) is 0 Å². The van der Waals surface area contributed by atoms with E-state index in [0.717, 1.165) is 96.3 Å². The van der Waals surface area contributed by atoms with Crippen molar-refractivity contribution >= 4 is 19.8 Å². The molecule has 2 unspecified atom stereocenters. The van der Waals surface area contributed by atoms with Gasteiger partial charge in [-0.25, -0.2) is 0 Å². The van der Waals surface area contributed by atoms with Crippen LogP contribution in [0, 0.1) is 0 Å². The number of phosphoric acid groups is 1. The zero-order valence-electron chi connectivity index (χ0n) is 41.6. The van der Waals surface area contributed by atoms with Gasteiger partial charge in [-0.05, 0) is 83.5 Å². The van der Waals surface area contributed by atoms with Gasteiger partial charge in [0.1, 0.15) is 19.8 Å². The molecule has 0 aromatic rings. The fourth-order valence-electron chi connectivity index (χ4n) is 6.17. The molecule has 0 rings (SSSR count). The molecule has 0 amide bonds. The fourth-order valence-corrected chi connectivity index (χ4v) is 6.90. The van der Waals surface area contributed by atoms with Crippen molar-refractivity contribution in [1.29, 1.82) is 0 Å². The number of rotatable bonds is 44. The minimum atomic E-state index is -4.64. The van der Waals surface area contributed by atoms with Crippen molar-refractivity contribution in [3.05, 3.63) is 109 Å². The van der Waals surface area contributed by atoms with Crippen LogP contribution in [-0.2, 0) is 32.7 Å². The second kappa shape index (κ2) is 45.8. The molecule has 2 atom stereocenters. The SMILES string of the molecule is CC/C=C\C/C=C\C/C=C\C/C=C\C/C=C\C/C=C\C/C=C\C/C=C\C/C=C\CCCCCC(=O)OC(COC(=O)CCCCCCCCCCCC)COP(=O)([O-])OCC[N+](C)(C)C. The van der Waals surface area contributed by atoms with E-state index in [0.29, 0.717) is 17.4 Å². The Balaban J connectivity index is 4.28. The molecule has 0 N–H and O–H groups in total. The first-order chi connectivity index (χ1) is 31.5. The zero-order chi connectivity index (χ0) is 47.8. The fraction of sp³-hybridized carbons (Fsp3) is 0.636. The van der Waals surface area contributed by atoms with Gasteiger partial charge in [0.2, 0.25) is 0 Å². The molecule has 0 saturated carbocycles. The Labute approximate surface area is 397 Å². The molecule has 0 bridgehead atoms. The third-order valence-electron chi connectivity index (χ3n) is 10.1. The Kier molecular flexibility index (Phi) is 43.5. The monoisotopic (exact) mass is 926 g/mol. The number of allylic oxidation sites excluding steroid dienone is 18. The van der Waals surface area contributed by atoms with Crippen molar-refractivity contribution < 1.29 is 42.1 Å². The lowest BCUT2D eigenvalue weighted by atomic mass is 10.1. The summed E-state index contributed by atoms with van der Waals surface area (Å²) in [6.07, 6.45) is 62.8. The lowest BCUT2D eigenvalue weighted by Gasteiger charge is -2.28. The van der Waals surface area contributed by atoms with Crippen LogP contribution in [0.3, 0.4) is 0 Å². The largest absolute Gasteiger partial charge is 0.756 e. The number of carbonyl (C=O) groups excluding carboxylic acids is 2. The lowest BCUT2D eigenvalue weighted by molar-refractivity contribution is -0.870. The van der Waals surface area contributed by atoms with Crippen molar-refractivity contribution in [1.82, 2.24) is 0 Å². The van der Waals surface area contributed by atoms with Crippen LogP contribution in [0.4, 0.5) is 0 Å².